The summed E-state index contributed by atoms with van der Waals surface area (Å²) in [7, 11) is -3.94. The molecular formula is C12H11ClFN3O3S. The lowest BCUT2D eigenvalue weighted by Gasteiger charge is -2.08. The summed E-state index contributed by atoms with van der Waals surface area (Å²) in [6.45, 7) is 1.64. The third kappa shape index (κ3) is 2.73. The van der Waals surface area contributed by atoms with Crippen LogP contribution in [-0.4, -0.2) is 18.6 Å². The van der Waals surface area contributed by atoms with E-state index in [9.17, 15) is 12.8 Å². The van der Waals surface area contributed by atoms with Crippen molar-refractivity contribution >= 4 is 27.3 Å². The van der Waals surface area contributed by atoms with Crippen LogP contribution in [0.5, 0.6) is 0 Å². The molecule has 0 amide bonds. The molecule has 0 aromatic carbocycles. The minimum atomic E-state index is -3.94. The molecule has 1 saturated carbocycles. The molecule has 0 atom stereocenters. The standard InChI is InChI=1S/C12H11ClFN3O3S/c1-6-10(11(20-16-6)7-2-3-7)17-21(18,19)8-4-9(13)12(14)15-5-8/h4-5,7,17H,2-3H2,1H3. The summed E-state index contributed by atoms with van der Waals surface area (Å²) < 4.78 is 45.2. The first-order chi connectivity index (χ1) is 9.88. The SMILES string of the molecule is Cc1noc(C2CC2)c1NS(=O)(=O)c1cnc(F)c(Cl)c1. The number of aryl methyl sites for hydroxylation is 1. The molecule has 0 saturated heterocycles. The zero-order valence-corrected chi connectivity index (χ0v) is 12.5. The number of nitrogens with one attached hydrogen (secondary N) is 1. The third-order valence-corrected chi connectivity index (χ3v) is 4.74. The van der Waals surface area contributed by atoms with Crippen molar-refractivity contribution in [1.82, 2.24) is 10.1 Å². The van der Waals surface area contributed by atoms with Crippen molar-refractivity contribution in [2.45, 2.75) is 30.6 Å². The van der Waals surface area contributed by atoms with Crippen molar-refractivity contribution < 1.29 is 17.3 Å². The zero-order valence-electron chi connectivity index (χ0n) is 10.9. The molecule has 9 heteroatoms. The fourth-order valence-corrected chi connectivity index (χ4v) is 3.21. The monoisotopic (exact) mass is 331 g/mol. The van der Waals surface area contributed by atoms with E-state index in [0.717, 1.165) is 25.1 Å². The Labute approximate surface area is 125 Å². The highest BCUT2D eigenvalue weighted by Crippen LogP contribution is 2.44. The fourth-order valence-electron chi connectivity index (χ4n) is 1.88. The number of nitrogens with zero attached hydrogens (tertiary/aromatic N) is 2. The van der Waals surface area contributed by atoms with Crippen LogP contribution in [0.2, 0.25) is 5.02 Å². The molecule has 3 rings (SSSR count). The van der Waals surface area contributed by atoms with Gasteiger partial charge in [0.15, 0.2) is 5.76 Å². The number of pyridine rings is 1. The van der Waals surface area contributed by atoms with Gasteiger partial charge in [0.25, 0.3) is 10.0 Å². The van der Waals surface area contributed by atoms with E-state index in [-0.39, 0.29) is 15.8 Å². The molecule has 1 N–H and O–H groups in total. The van der Waals surface area contributed by atoms with Gasteiger partial charge in [-0.15, -0.1) is 0 Å². The van der Waals surface area contributed by atoms with Crippen molar-refractivity contribution in [2.75, 3.05) is 4.72 Å². The molecule has 0 spiro atoms. The molecule has 1 aliphatic carbocycles. The van der Waals surface area contributed by atoms with E-state index in [2.05, 4.69) is 14.9 Å². The minimum Gasteiger partial charge on any atom is -0.359 e. The quantitative estimate of drug-likeness (QED) is 0.871. The summed E-state index contributed by atoms with van der Waals surface area (Å²) in [4.78, 5) is 3.08. The van der Waals surface area contributed by atoms with E-state index < -0.39 is 16.0 Å². The number of aromatic nitrogens is 2. The molecule has 0 bridgehead atoms. The zero-order chi connectivity index (χ0) is 15.2. The number of rotatable bonds is 4. The van der Waals surface area contributed by atoms with E-state index in [4.69, 9.17) is 16.1 Å². The largest absolute Gasteiger partial charge is 0.359 e. The van der Waals surface area contributed by atoms with Crippen LogP contribution in [0.1, 0.15) is 30.2 Å². The van der Waals surface area contributed by atoms with Gasteiger partial charge in [0.1, 0.15) is 16.3 Å². The number of hydrogen-bond acceptors (Lipinski definition) is 5. The van der Waals surface area contributed by atoms with Crippen LogP contribution in [0.25, 0.3) is 0 Å². The highest BCUT2D eigenvalue weighted by atomic mass is 35.5. The summed E-state index contributed by atoms with van der Waals surface area (Å²) in [6.07, 6.45) is 2.78. The van der Waals surface area contributed by atoms with E-state index >= 15 is 0 Å². The van der Waals surface area contributed by atoms with Crippen LogP contribution in [-0.2, 0) is 10.0 Å². The second kappa shape index (κ2) is 4.96. The Bertz CT molecular complexity index is 802. The Hall–Kier alpha value is -1.67. The van der Waals surface area contributed by atoms with E-state index in [1.54, 1.807) is 6.92 Å². The molecule has 21 heavy (non-hydrogen) atoms. The minimum absolute atomic E-state index is 0.193. The van der Waals surface area contributed by atoms with Gasteiger partial charge in [-0.25, -0.2) is 13.4 Å². The number of hydrogen-bond donors (Lipinski definition) is 1. The van der Waals surface area contributed by atoms with Crippen molar-refractivity contribution in [3.05, 3.63) is 34.7 Å². The fraction of sp³-hybridized carbons (Fsp3) is 0.333. The molecule has 0 radical (unpaired) electrons. The smallest absolute Gasteiger partial charge is 0.263 e. The molecule has 6 nitrogen and oxygen atoms in total. The van der Waals surface area contributed by atoms with E-state index in [1.807, 2.05) is 0 Å². The molecule has 2 aromatic heterocycles. The lowest BCUT2D eigenvalue weighted by atomic mass is 10.2. The third-order valence-electron chi connectivity index (χ3n) is 3.16. The average molecular weight is 332 g/mol. The van der Waals surface area contributed by atoms with Gasteiger partial charge in [-0.3, -0.25) is 4.72 Å². The number of anilines is 1. The van der Waals surface area contributed by atoms with Crippen LogP contribution < -0.4 is 4.72 Å². The lowest BCUT2D eigenvalue weighted by Crippen LogP contribution is -2.14. The predicted octanol–water partition coefficient (Wildman–Crippen LogP) is 2.85. The topological polar surface area (TPSA) is 85.1 Å². The molecular weight excluding hydrogens is 321 g/mol. The Morgan fingerprint density at radius 2 is 2.19 bits per heavy atom. The van der Waals surface area contributed by atoms with Crippen LogP contribution in [0.15, 0.2) is 21.7 Å². The molecule has 2 heterocycles. The summed E-state index contributed by atoms with van der Waals surface area (Å²) in [5.41, 5.74) is 0.777. The Morgan fingerprint density at radius 1 is 1.48 bits per heavy atom. The van der Waals surface area contributed by atoms with Crippen LogP contribution in [0.4, 0.5) is 10.1 Å². The maximum atomic E-state index is 13.0. The highest BCUT2D eigenvalue weighted by molar-refractivity contribution is 7.92. The summed E-state index contributed by atoms with van der Waals surface area (Å²) >= 11 is 5.56. The highest BCUT2D eigenvalue weighted by Gasteiger charge is 2.33. The van der Waals surface area contributed by atoms with Crippen molar-refractivity contribution in [3.63, 3.8) is 0 Å². The van der Waals surface area contributed by atoms with E-state index in [0.29, 0.717) is 17.1 Å². The van der Waals surface area contributed by atoms with Gasteiger partial charge >= 0.3 is 0 Å². The number of halogens is 2. The molecule has 2 aromatic rings. The predicted molar refractivity (Wildman–Crippen MR) is 73.2 cm³/mol. The molecule has 0 unspecified atom stereocenters. The van der Waals surface area contributed by atoms with Gasteiger partial charge in [-0.05, 0) is 25.8 Å². The van der Waals surface area contributed by atoms with Gasteiger partial charge < -0.3 is 4.52 Å². The summed E-state index contributed by atoms with van der Waals surface area (Å²) in [6, 6.07) is 1.01. The average Bonchev–Trinajstić information content (AvgIpc) is 3.20. The summed E-state index contributed by atoms with van der Waals surface area (Å²) in [5, 5.41) is 3.42. The van der Waals surface area contributed by atoms with Gasteiger partial charge in [0.05, 0.1) is 11.2 Å². The lowest BCUT2D eigenvalue weighted by molar-refractivity contribution is 0.381. The van der Waals surface area contributed by atoms with Crippen molar-refractivity contribution in [3.8, 4) is 0 Å². The van der Waals surface area contributed by atoms with Crippen molar-refractivity contribution in [1.29, 1.82) is 0 Å². The number of sulfonamides is 1. The first-order valence-corrected chi connectivity index (χ1v) is 8.04. The maximum Gasteiger partial charge on any atom is 0.263 e. The molecule has 112 valence electrons. The van der Waals surface area contributed by atoms with Gasteiger partial charge in [0, 0.05) is 5.92 Å². The van der Waals surface area contributed by atoms with Gasteiger partial charge in [0.2, 0.25) is 5.95 Å². The van der Waals surface area contributed by atoms with Crippen LogP contribution in [0, 0.1) is 12.9 Å². The van der Waals surface area contributed by atoms with Gasteiger partial charge in [-0.1, -0.05) is 16.8 Å². The Morgan fingerprint density at radius 3 is 2.81 bits per heavy atom. The molecule has 0 aliphatic heterocycles. The Balaban J connectivity index is 1.96. The second-order valence-corrected chi connectivity index (χ2v) is 6.92. The first kappa shape index (κ1) is 14.3. The normalized spacial score (nSPS) is 15.2. The molecule has 1 fully saturated rings. The summed E-state index contributed by atoms with van der Waals surface area (Å²) in [5.74, 6) is -0.202. The van der Waals surface area contributed by atoms with Crippen molar-refractivity contribution in [2.24, 2.45) is 0 Å². The van der Waals surface area contributed by atoms with Gasteiger partial charge in [-0.2, -0.15) is 4.39 Å². The molecule has 1 aliphatic rings. The Kier molecular flexibility index (Phi) is 3.37. The van der Waals surface area contributed by atoms with Crippen LogP contribution in [0.3, 0.4) is 0 Å². The second-order valence-electron chi connectivity index (χ2n) is 4.83. The van der Waals surface area contributed by atoms with E-state index in [1.165, 1.54) is 0 Å². The van der Waals surface area contributed by atoms with Crippen LogP contribution >= 0.6 is 11.6 Å². The first-order valence-electron chi connectivity index (χ1n) is 6.18. The maximum absolute atomic E-state index is 13.0.